The van der Waals surface area contributed by atoms with Gasteiger partial charge in [0, 0.05) is 0 Å². The maximum absolute atomic E-state index is 13.2. The quantitative estimate of drug-likeness (QED) is 0.643. The maximum atomic E-state index is 13.2. The summed E-state index contributed by atoms with van der Waals surface area (Å²) in [7, 11) is 1.24. The van der Waals surface area contributed by atoms with Crippen LogP contribution in [0.25, 0.3) is 5.69 Å². The molecule has 1 aromatic heterocycles. The van der Waals surface area contributed by atoms with Crippen LogP contribution in [0.1, 0.15) is 16.2 Å². The van der Waals surface area contributed by atoms with Crippen molar-refractivity contribution in [2.24, 2.45) is 0 Å². The normalized spacial score (nSPS) is 10.4. The standard InChI is InChI=1S/C11H9BrFN3O2/c1-18-11(17)8-4-7(13)2-3-9(8)16-6-14-15-10(16)5-12/h2-4,6H,5H2,1H3. The highest BCUT2D eigenvalue weighted by atomic mass is 79.9. The fourth-order valence-corrected chi connectivity index (χ4v) is 1.93. The van der Waals surface area contributed by atoms with Gasteiger partial charge in [0.15, 0.2) is 0 Å². The Kier molecular flexibility index (Phi) is 3.71. The van der Waals surface area contributed by atoms with Crippen LogP contribution in [0, 0.1) is 5.82 Å². The number of methoxy groups -OCH3 is 1. The van der Waals surface area contributed by atoms with E-state index in [2.05, 4.69) is 30.9 Å². The minimum absolute atomic E-state index is 0.125. The lowest BCUT2D eigenvalue weighted by Gasteiger charge is -2.10. The van der Waals surface area contributed by atoms with E-state index >= 15 is 0 Å². The van der Waals surface area contributed by atoms with Crippen molar-refractivity contribution in [3.05, 3.63) is 41.7 Å². The lowest BCUT2D eigenvalue weighted by molar-refractivity contribution is 0.0600. The Balaban J connectivity index is 2.60. The smallest absolute Gasteiger partial charge is 0.340 e. The molecule has 0 atom stereocenters. The molecule has 0 saturated heterocycles. The number of alkyl halides is 1. The number of carbonyl (C=O) groups excluding carboxylic acids is 1. The number of benzene rings is 1. The van der Waals surface area contributed by atoms with Crippen molar-refractivity contribution in [1.82, 2.24) is 14.8 Å². The van der Waals surface area contributed by atoms with E-state index in [1.165, 1.54) is 25.6 Å². The van der Waals surface area contributed by atoms with Crippen LogP contribution in [0.15, 0.2) is 24.5 Å². The van der Waals surface area contributed by atoms with Crippen molar-refractivity contribution >= 4 is 21.9 Å². The summed E-state index contributed by atoms with van der Waals surface area (Å²) >= 11 is 3.26. The average Bonchev–Trinajstić information content (AvgIpc) is 2.85. The van der Waals surface area contributed by atoms with Gasteiger partial charge in [0.25, 0.3) is 0 Å². The second-order valence-corrected chi connectivity index (χ2v) is 3.96. The minimum Gasteiger partial charge on any atom is -0.465 e. The number of hydrogen-bond acceptors (Lipinski definition) is 4. The fraction of sp³-hybridized carbons (Fsp3) is 0.182. The van der Waals surface area contributed by atoms with Gasteiger partial charge in [-0.2, -0.15) is 0 Å². The number of esters is 1. The minimum atomic E-state index is -0.612. The zero-order chi connectivity index (χ0) is 13.1. The summed E-state index contributed by atoms with van der Waals surface area (Å²) < 4.78 is 19.4. The molecule has 7 heteroatoms. The first kappa shape index (κ1) is 12.7. The molecular formula is C11H9BrFN3O2. The molecule has 2 rings (SSSR count). The summed E-state index contributed by atoms with van der Waals surface area (Å²) in [6, 6.07) is 3.87. The van der Waals surface area contributed by atoms with E-state index in [0.29, 0.717) is 16.8 Å². The van der Waals surface area contributed by atoms with E-state index in [9.17, 15) is 9.18 Å². The van der Waals surface area contributed by atoms with Gasteiger partial charge in [-0.05, 0) is 18.2 Å². The van der Waals surface area contributed by atoms with Gasteiger partial charge in [0.05, 0.1) is 23.7 Å². The lowest BCUT2D eigenvalue weighted by Crippen LogP contribution is -2.09. The molecule has 1 aromatic carbocycles. The van der Waals surface area contributed by atoms with Crippen LogP contribution in [-0.2, 0) is 10.1 Å². The van der Waals surface area contributed by atoms with Crippen LogP contribution in [0.3, 0.4) is 0 Å². The van der Waals surface area contributed by atoms with Crippen LogP contribution < -0.4 is 0 Å². The van der Waals surface area contributed by atoms with Crippen molar-refractivity contribution in [2.45, 2.75) is 5.33 Å². The SMILES string of the molecule is COC(=O)c1cc(F)ccc1-n1cnnc1CBr. The average molecular weight is 314 g/mol. The Labute approximate surface area is 111 Å². The topological polar surface area (TPSA) is 57.0 Å². The Morgan fingerprint density at radius 3 is 3.00 bits per heavy atom. The molecule has 0 unspecified atom stereocenters. The molecule has 0 aliphatic heterocycles. The van der Waals surface area contributed by atoms with E-state index in [0.717, 1.165) is 6.07 Å². The Hall–Kier alpha value is -1.76. The van der Waals surface area contributed by atoms with Crippen LogP contribution in [0.4, 0.5) is 4.39 Å². The van der Waals surface area contributed by atoms with E-state index in [1.54, 1.807) is 4.57 Å². The fourth-order valence-electron chi connectivity index (χ4n) is 1.54. The summed E-state index contributed by atoms with van der Waals surface area (Å²) in [5.74, 6) is -0.516. The van der Waals surface area contributed by atoms with E-state index in [-0.39, 0.29) is 5.56 Å². The van der Waals surface area contributed by atoms with E-state index in [1.807, 2.05) is 0 Å². The number of aromatic nitrogens is 3. The highest BCUT2D eigenvalue weighted by Gasteiger charge is 2.16. The van der Waals surface area contributed by atoms with Gasteiger partial charge in [-0.3, -0.25) is 4.57 Å². The monoisotopic (exact) mass is 313 g/mol. The Morgan fingerprint density at radius 2 is 2.33 bits per heavy atom. The third kappa shape index (κ3) is 2.26. The molecule has 94 valence electrons. The number of hydrogen-bond donors (Lipinski definition) is 0. The van der Waals surface area contributed by atoms with Crippen LogP contribution in [-0.4, -0.2) is 27.8 Å². The molecule has 0 aliphatic carbocycles. The van der Waals surface area contributed by atoms with Crippen molar-refractivity contribution in [3.63, 3.8) is 0 Å². The van der Waals surface area contributed by atoms with Crippen LogP contribution in [0.5, 0.6) is 0 Å². The highest BCUT2D eigenvalue weighted by Crippen LogP contribution is 2.19. The summed E-state index contributed by atoms with van der Waals surface area (Å²) in [6.45, 7) is 0. The largest absolute Gasteiger partial charge is 0.465 e. The second kappa shape index (κ2) is 5.26. The summed E-state index contributed by atoms with van der Waals surface area (Å²) in [5, 5.41) is 8.10. The van der Waals surface area contributed by atoms with Crippen LogP contribution >= 0.6 is 15.9 Å². The molecule has 2 aromatic rings. The van der Waals surface area contributed by atoms with Gasteiger partial charge in [-0.15, -0.1) is 10.2 Å². The summed E-state index contributed by atoms with van der Waals surface area (Å²) in [4.78, 5) is 11.6. The van der Waals surface area contributed by atoms with Crippen LogP contribution in [0.2, 0.25) is 0 Å². The molecule has 0 radical (unpaired) electrons. The van der Waals surface area contributed by atoms with Gasteiger partial charge in [-0.1, -0.05) is 15.9 Å². The molecule has 0 fully saturated rings. The number of nitrogens with zero attached hydrogens (tertiary/aromatic N) is 3. The van der Waals surface area contributed by atoms with Gasteiger partial charge < -0.3 is 4.74 Å². The third-order valence-electron chi connectivity index (χ3n) is 2.36. The molecule has 0 saturated carbocycles. The highest BCUT2D eigenvalue weighted by molar-refractivity contribution is 9.08. The molecule has 5 nitrogen and oxygen atoms in total. The third-order valence-corrected chi connectivity index (χ3v) is 2.86. The maximum Gasteiger partial charge on any atom is 0.340 e. The van der Waals surface area contributed by atoms with Crippen molar-refractivity contribution in [3.8, 4) is 5.69 Å². The first-order chi connectivity index (χ1) is 8.67. The predicted octanol–water partition coefficient (Wildman–Crippen LogP) is 2.09. The van der Waals surface area contributed by atoms with E-state index < -0.39 is 11.8 Å². The number of carbonyl (C=O) groups is 1. The number of halogens is 2. The number of rotatable bonds is 3. The van der Waals surface area contributed by atoms with E-state index in [4.69, 9.17) is 0 Å². The molecule has 1 heterocycles. The van der Waals surface area contributed by atoms with Gasteiger partial charge in [0.2, 0.25) is 0 Å². The molecule has 18 heavy (non-hydrogen) atoms. The molecule has 0 amide bonds. The molecule has 0 N–H and O–H groups in total. The van der Waals surface area contributed by atoms with Crippen molar-refractivity contribution in [2.75, 3.05) is 7.11 Å². The second-order valence-electron chi connectivity index (χ2n) is 3.40. The lowest BCUT2D eigenvalue weighted by atomic mass is 10.1. The first-order valence-corrected chi connectivity index (χ1v) is 6.12. The Morgan fingerprint density at radius 1 is 1.56 bits per heavy atom. The summed E-state index contributed by atoms with van der Waals surface area (Å²) in [6.07, 6.45) is 1.45. The van der Waals surface area contributed by atoms with Gasteiger partial charge in [0.1, 0.15) is 18.0 Å². The van der Waals surface area contributed by atoms with Crippen molar-refractivity contribution < 1.29 is 13.9 Å². The molecule has 0 spiro atoms. The molecule has 0 aliphatic rings. The first-order valence-electron chi connectivity index (χ1n) is 5.00. The Bertz CT molecular complexity index is 585. The van der Waals surface area contributed by atoms with Gasteiger partial charge in [-0.25, -0.2) is 9.18 Å². The zero-order valence-electron chi connectivity index (χ0n) is 9.43. The van der Waals surface area contributed by atoms with Gasteiger partial charge >= 0.3 is 5.97 Å². The number of ether oxygens (including phenoxy) is 1. The zero-order valence-corrected chi connectivity index (χ0v) is 11.0. The predicted molar refractivity (Wildman–Crippen MR) is 65.3 cm³/mol. The molecule has 0 bridgehead atoms. The summed E-state index contributed by atoms with van der Waals surface area (Å²) in [5.41, 5.74) is 0.599. The molecular weight excluding hydrogens is 305 g/mol. The van der Waals surface area contributed by atoms with Crippen molar-refractivity contribution in [1.29, 1.82) is 0 Å².